The molecule has 0 saturated heterocycles. The van der Waals surface area contributed by atoms with Gasteiger partial charge in [0, 0.05) is 18.3 Å². The average Bonchev–Trinajstić information content (AvgIpc) is 1.88. The van der Waals surface area contributed by atoms with Gasteiger partial charge in [-0.25, -0.2) is 4.98 Å². The first-order chi connectivity index (χ1) is 4.75. The highest BCUT2D eigenvalue weighted by Gasteiger charge is 2.04. The molecule has 0 aliphatic heterocycles. The Labute approximate surface area is 62.8 Å². The van der Waals surface area contributed by atoms with Crippen molar-refractivity contribution >= 4 is 11.6 Å². The van der Waals surface area contributed by atoms with Crippen molar-refractivity contribution < 1.29 is 4.39 Å². The summed E-state index contributed by atoms with van der Waals surface area (Å²) in [6, 6.07) is 1.51. The van der Waals surface area contributed by atoms with Crippen LogP contribution in [0.5, 0.6) is 0 Å². The molecule has 2 N–H and O–H groups in total. The summed E-state index contributed by atoms with van der Waals surface area (Å²) in [5.74, 6) is -0.588. The van der Waals surface area contributed by atoms with Gasteiger partial charge in [-0.2, -0.15) is 4.39 Å². The molecule has 0 bridgehead atoms. The van der Waals surface area contributed by atoms with Crippen LogP contribution in [-0.2, 0) is 6.54 Å². The number of nitrogens with two attached hydrogens (primary N) is 1. The van der Waals surface area contributed by atoms with Gasteiger partial charge < -0.3 is 5.73 Å². The summed E-state index contributed by atoms with van der Waals surface area (Å²) >= 11 is 5.57. The predicted molar refractivity (Wildman–Crippen MR) is 37.1 cm³/mol. The minimum absolute atomic E-state index is 0.0819. The molecule has 0 aliphatic rings. The van der Waals surface area contributed by atoms with Crippen LogP contribution < -0.4 is 5.73 Å². The van der Waals surface area contributed by atoms with Crippen LogP contribution in [0, 0.1) is 5.95 Å². The predicted octanol–water partition coefficient (Wildman–Crippen LogP) is 1.33. The molecule has 1 heterocycles. The molecule has 0 amide bonds. The van der Waals surface area contributed by atoms with Gasteiger partial charge in [0.15, 0.2) is 0 Å². The molecule has 1 aromatic heterocycles. The zero-order valence-corrected chi connectivity index (χ0v) is 5.90. The van der Waals surface area contributed by atoms with Crippen LogP contribution in [0.3, 0.4) is 0 Å². The molecule has 0 aliphatic carbocycles. The third-order valence-corrected chi connectivity index (χ3v) is 1.50. The van der Waals surface area contributed by atoms with Crippen LogP contribution in [0.1, 0.15) is 5.56 Å². The summed E-state index contributed by atoms with van der Waals surface area (Å²) in [4.78, 5) is 3.38. The minimum Gasteiger partial charge on any atom is -0.326 e. The van der Waals surface area contributed by atoms with Gasteiger partial charge in [-0.05, 0) is 6.07 Å². The van der Waals surface area contributed by atoms with E-state index in [1.165, 1.54) is 12.3 Å². The minimum atomic E-state index is -0.588. The Balaban J connectivity index is 3.17. The molecule has 54 valence electrons. The lowest BCUT2D eigenvalue weighted by Crippen LogP contribution is -2.01. The molecular formula is C6H6ClFN2. The van der Waals surface area contributed by atoms with Gasteiger partial charge in [-0.3, -0.25) is 0 Å². The van der Waals surface area contributed by atoms with Crippen molar-refractivity contribution in [1.29, 1.82) is 0 Å². The molecule has 0 atom stereocenters. The lowest BCUT2D eigenvalue weighted by molar-refractivity contribution is 0.567. The van der Waals surface area contributed by atoms with E-state index in [1.807, 2.05) is 0 Å². The zero-order valence-electron chi connectivity index (χ0n) is 5.14. The van der Waals surface area contributed by atoms with Crippen LogP contribution in [0.25, 0.3) is 0 Å². The fourth-order valence-corrected chi connectivity index (χ4v) is 0.838. The maximum atomic E-state index is 12.6. The first-order valence-electron chi connectivity index (χ1n) is 2.74. The van der Waals surface area contributed by atoms with Gasteiger partial charge in [-0.1, -0.05) is 11.6 Å². The fourth-order valence-electron chi connectivity index (χ4n) is 0.627. The second-order valence-electron chi connectivity index (χ2n) is 1.77. The lowest BCUT2D eigenvalue weighted by atomic mass is 10.3. The summed E-state index contributed by atoms with van der Waals surface area (Å²) < 4.78 is 12.6. The second kappa shape index (κ2) is 2.94. The highest BCUT2D eigenvalue weighted by Crippen LogP contribution is 2.15. The maximum Gasteiger partial charge on any atom is 0.218 e. The number of aromatic nitrogens is 1. The summed E-state index contributed by atoms with van der Waals surface area (Å²) in [5, 5.41) is 0.329. The second-order valence-corrected chi connectivity index (χ2v) is 2.17. The van der Waals surface area contributed by atoms with Crippen molar-refractivity contribution in [1.82, 2.24) is 4.98 Å². The van der Waals surface area contributed by atoms with E-state index in [2.05, 4.69) is 4.98 Å². The summed E-state index contributed by atoms with van der Waals surface area (Å²) in [6.45, 7) is 0.0819. The van der Waals surface area contributed by atoms with E-state index < -0.39 is 5.95 Å². The van der Waals surface area contributed by atoms with Crippen molar-refractivity contribution in [3.8, 4) is 0 Å². The summed E-state index contributed by atoms with van der Waals surface area (Å²) in [5.41, 5.74) is 5.45. The lowest BCUT2D eigenvalue weighted by Gasteiger charge is -1.98. The molecule has 0 radical (unpaired) electrons. The third-order valence-electron chi connectivity index (χ3n) is 1.15. The van der Waals surface area contributed by atoms with Gasteiger partial charge in [0.25, 0.3) is 0 Å². The van der Waals surface area contributed by atoms with Gasteiger partial charge in [-0.15, -0.1) is 0 Å². The number of nitrogens with zero attached hydrogens (tertiary/aromatic N) is 1. The normalized spacial score (nSPS) is 9.90. The van der Waals surface area contributed by atoms with E-state index >= 15 is 0 Å². The SMILES string of the molecule is NCc1c(Cl)ccnc1F. The standard InChI is InChI=1S/C6H6ClFN2/c7-5-1-2-10-6(8)4(5)3-9/h1-2H,3,9H2. The monoisotopic (exact) mass is 160 g/mol. The molecule has 0 unspecified atom stereocenters. The molecule has 1 aromatic rings. The van der Waals surface area contributed by atoms with Crippen LogP contribution in [0.2, 0.25) is 5.02 Å². The summed E-state index contributed by atoms with van der Waals surface area (Å²) in [6.07, 6.45) is 1.30. The van der Waals surface area contributed by atoms with Crippen LogP contribution in [0.15, 0.2) is 12.3 Å². The van der Waals surface area contributed by atoms with Crippen LogP contribution >= 0.6 is 11.6 Å². The highest BCUT2D eigenvalue weighted by molar-refractivity contribution is 6.31. The van der Waals surface area contributed by atoms with Gasteiger partial charge >= 0.3 is 0 Å². The van der Waals surface area contributed by atoms with E-state index in [0.29, 0.717) is 5.02 Å². The van der Waals surface area contributed by atoms with E-state index in [-0.39, 0.29) is 12.1 Å². The number of halogens is 2. The highest BCUT2D eigenvalue weighted by atomic mass is 35.5. The van der Waals surface area contributed by atoms with Crippen molar-refractivity contribution in [2.45, 2.75) is 6.54 Å². The Morgan fingerprint density at radius 1 is 1.70 bits per heavy atom. The number of hydrogen-bond acceptors (Lipinski definition) is 2. The van der Waals surface area contributed by atoms with Crippen LogP contribution in [-0.4, -0.2) is 4.98 Å². The van der Waals surface area contributed by atoms with Gasteiger partial charge in [0.1, 0.15) is 0 Å². The molecule has 0 spiro atoms. The van der Waals surface area contributed by atoms with Crippen molar-refractivity contribution in [2.75, 3.05) is 0 Å². The van der Waals surface area contributed by atoms with Crippen molar-refractivity contribution in [3.05, 3.63) is 28.8 Å². The molecule has 2 nitrogen and oxygen atoms in total. The Bertz CT molecular complexity index is 219. The third kappa shape index (κ3) is 1.25. The Hall–Kier alpha value is -0.670. The van der Waals surface area contributed by atoms with E-state index in [0.717, 1.165) is 0 Å². The smallest absolute Gasteiger partial charge is 0.218 e. The topological polar surface area (TPSA) is 38.9 Å². The molecule has 0 aromatic carbocycles. The molecular weight excluding hydrogens is 155 g/mol. The number of hydrogen-bond donors (Lipinski definition) is 1. The van der Waals surface area contributed by atoms with Gasteiger partial charge in [0.05, 0.1) is 5.02 Å². The Morgan fingerprint density at radius 2 is 2.40 bits per heavy atom. The molecule has 0 fully saturated rings. The largest absolute Gasteiger partial charge is 0.326 e. The van der Waals surface area contributed by atoms with Crippen LogP contribution in [0.4, 0.5) is 4.39 Å². The molecule has 0 saturated carbocycles. The van der Waals surface area contributed by atoms with Crippen molar-refractivity contribution in [2.24, 2.45) is 5.73 Å². The Kier molecular flexibility index (Phi) is 2.19. The first-order valence-corrected chi connectivity index (χ1v) is 3.12. The van der Waals surface area contributed by atoms with Crippen molar-refractivity contribution in [3.63, 3.8) is 0 Å². The average molecular weight is 161 g/mol. The van der Waals surface area contributed by atoms with E-state index in [4.69, 9.17) is 17.3 Å². The Morgan fingerprint density at radius 3 is 2.80 bits per heavy atom. The van der Waals surface area contributed by atoms with E-state index in [9.17, 15) is 4.39 Å². The number of rotatable bonds is 1. The first kappa shape index (κ1) is 7.44. The number of pyridine rings is 1. The molecule has 1 rings (SSSR count). The van der Waals surface area contributed by atoms with Gasteiger partial charge in [0.2, 0.25) is 5.95 Å². The maximum absolute atomic E-state index is 12.6. The molecule has 10 heavy (non-hydrogen) atoms. The van der Waals surface area contributed by atoms with E-state index in [1.54, 1.807) is 0 Å². The fraction of sp³-hybridized carbons (Fsp3) is 0.167. The summed E-state index contributed by atoms with van der Waals surface area (Å²) in [7, 11) is 0. The molecule has 4 heteroatoms. The quantitative estimate of drug-likeness (QED) is 0.630. The zero-order chi connectivity index (χ0) is 7.56.